The lowest BCUT2D eigenvalue weighted by molar-refractivity contribution is -0.123. The van der Waals surface area contributed by atoms with Crippen molar-refractivity contribution < 1.29 is 9.59 Å². The minimum absolute atomic E-state index is 0.0412. The van der Waals surface area contributed by atoms with Gasteiger partial charge in [-0.2, -0.15) is 4.99 Å². The van der Waals surface area contributed by atoms with Gasteiger partial charge in [0.1, 0.15) is 6.04 Å². The molecule has 3 rings (SSSR count). The van der Waals surface area contributed by atoms with E-state index in [-0.39, 0.29) is 18.3 Å². The summed E-state index contributed by atoms with van der Waals surface area (Å²) in [5.74, 6) is -0.729. The van der Waals surface area contributed by atoms with E-state index < -0.39 is 17.9 Å². The highest BCUT2D eigenvalue weighted by molar-refractivity contribution is 6.42. The molecular weight excluding hydrogens is 415 g/mol. The van der Waals surface area contributed by atoms with Crippen molar-refractivity contribution in [3.8, 4) is 0 Å². The van der Waals surface area contributed by atoms with Gasteiger partial charge in [0.15, 0.2) is 0 Å². The van der Waals surface area contributed by atoms with Gasteiger partial charge in [0, 0.05) is 11.4 Å². The zero-order valence-corrected chi connectivity index (χ0v) is 16.9. The summed E-state index contributed by atoms with van der Waals surface area (Å²) in [5, 5.41) is 8.74. The van der Waals surface area contributed by atoms with Crippen LogP contribution in [0.4, 0.5) is 11.4 Å². The zero-order chi connectivity index (χ0) is 21.0. The van der Waals surface area contributed by atoms with Crippen molar-refractivity contribution in [2.75, 3.05) is 10.6 Å². The Labute approximate surface area is 177 Å². The van der Waals surface area contributed by atoms with E-state index in [9.17, 15) is 9.59 Å². The highest BCUT2D eigenvalue weighted by Gasteiger charge is 2.28. The van der Waals surface area contributed by atoms with Gasteiger partial charge >= 0.3 is 0 Å². The van der Waals surface area contributed by atoms with E-state index in [2.05, 4.69) is 25.9 Å². The topological polar surface area (TPSA) is 121 Å². The summed E-state index contributed by atoms with van der Waals surface area (Å²) < 4.78 is 0. The number of nitrogens with two attached hydrogens (primary N) is 1. The second-order valence-corrected chi connectivity index (χ2v) is 7.14. The quantitative estimate of drug-likeness (QED) is 0.438. The third-order valence-electron chi connectivity index (χ3n) is 3.95. The van der Waals surface area contributed by atoms with Crippen molar-refractivity contribution in [3.63, 3.8) is 0 Å². The van der Waals surface area contributed by atoms with Crippen molar-refractivity contribution in [3.05, 3.63) is 58.1 Å². The number of carbonyl (C=O) groups excluding carboxylic acids is 2. The number of anilines is 2. The van der Waals surface area contributed by atoms with Crippen LogP contribution in [0.5, 0.6) is 0 Å². The van der Waals surface area contributed by atoms with Crippen molar-refractivity contribution in [1.29, 1.82) is 0 Å². The minimum atomic E-state index is -0.899. The van der Waals surface area contributed by atoms with Gasteiger partial charge in [-0.25, -0.2) is 4.99 Å². The van der Waals surface area contributed by atoms with Gasteiger partial charge in [-0.05, 0) is 37.3 Å². The number of nitrogens with zero attached hydrogens (tertiary/aromatic N) is 2. The molecule has 0 saturated carbocycles. The highest BCUT2D eigenvalue weighted by Crippen LogP contribution is 2.25. The molecule has 1 aliphatic heterocycles. The van der Waals surface area contributed by atoms with Crippen molar-refractivity contribution in [1.82, 2.24) is 5.32 Å². The van der Waals surface area contributed by atoms with Crippen LogP contribution in [0.1, 0.15) is 12.0 Å². The Bertz CT molecular complexity index is 1000. The van der Waals surface area contributed by atoms with E-state index in [0.29, 0.717) is 15.7 Å². The highest BCUT2D eigenvalue weighted by atomic mass is 35.5. The summed E-state index contributed by atoms with van der Waals surface area (Å²) >= 11 is 11.8. The molecule has 2 aromatic rings. The third kappa shape index (κ3) is 5.69. The first kappa shape index (κ1) is 20.6. The van der Waals surface area contributed by atoms with E-state index in [1.807, 2.05) is 31.2 Å². The second-order valence-electron chi connectivity index (χ2n) is 6.33. The molecule has 0 saturated heterocycles. The average Bonchev–Trinajstić information content (AvgIpc) is 2.98. The van der Waals surface area contributed by atoms with Gasteiger partial charge in [-0.3, -0.25) is 14.9 Å². The van der Waals surface area contributed by atoms with Crippen LogP contribution in [0.15, 0.2) is 52.4 Å². The molecule has 8 nitrogen and oxygen atoms in total. The number of hydrogen-bond donors (Lipinski definition) is 4. The molecule has 2 amide bonds. The Morgan fingerprint density at radius 2 is 1.83 bits per heavy atom. The molecule has 1 atom stereocenters. The predicted molar refractivity (Wildman–Crippen MR) is 115 cm³/mol. The van der Waals surface area contributed by atoms with E-state index in [1.54, 1.807) is 12.1 Å². The molecule has 0 fully saturated rings. The summed E-state index contributed by atoms with van der Waals surface area (Å²) in [5.41, 5.74) is 8.18. The monoisotopic (exact) mass is 432 g/mol. The Morgan fingerprint density at radius 1 is 1.14 bits per heavy atom. The van der Waals surface area contributed by atoms with Gasteiger partial charge in [0.2, 0.25) is 17.8 Å². The van der Waals surface area contributed by atoms with E-state index >= 15 is 0 Å². The molecule has 0 aliphatic carbocycles. The van der Waals surface area contributed by atoms with Gasteiger partial charge in [0.25, 0.3) is 5.91 Å². The van der Waals surface area contributed by atoms with Crippen LogP contribution in [-0.4, -0.2) is 29.8 Å². The van der Waals surface area contributed by atoms with Crippen molar-refractivity contribution in [2.45, 2.75) is 19.4 Å². The molecule has 10 heteroatoms. The maximum Gasteiger partial charge on any atom is 0.252 e. The number of aryl methyl sites for hydroxylation is 1. The lowest BCUT2D eigenvalue weighted by Gasteiger charge is -2.07. The van der Waals surface area contributed by atoms with E-state index in [4.69, 9.17) is 28.9 Å². The summed E-state index contributed by atoms with van der Waals surface area (Å²) in [6, 6.07) is 11.3. The number of rotatable bonds is 4. The second kappa shape index (κ2) is 8.93. The number of benzene rings is 2. The first-order valence-electron chi connectivity index (χ1n) is 8.61. The lowest BCUT2D eigenvalue weighted by Crippen LogP contribution is -2.32. The SMILES string of the molecule is Cc1ccc(N/C(N)=N/C2=NC(CC(=O)Nc3ccc(Cl)c(Cl)c3)C(=O)N2)cc1. The molecule has 1 aliphatic rings. The number of guanidine groups is 2. The van der Waals surface area contributed by atoms with E-state index in [0.717, 1.165) is 11.3 Å². The van der Waals surface area contributed by atoms with Gasteiger partial charge in [0.05, 0.1) is 16.5 Å². The summed E-state index contributed by atoms with van der Waals surface area (Å²) in [6.45, 7) is 1.97. The van der Waals surface area contributed by atoms with Crippen LogP contribution in [-0.2, 0) is 9.59 Å². The predicted octanol–water partition coefficient (Wildman–Crippen LogP) is 2.91. The fraction of sp³-hybridized carbons (Fsp3) is 0.158. The zero-order valence-electron chi connectivity index (χ0n) is 15.4. The number of nitrogens with one attached hydrogen (secondary N) is 3. The third-order valence-corrected chi connectivity index (χ3v) is 4.69. The summed E-state index contributed by atoms with van der Waals surface area (Å²) in [4.78, 5) is 32.4. The number of amides is 2. The first-order chi connectivity index (χ1) is 13.8. The molecule has 1 unspecified atom stereocenters. The smallest absolute Gasteiger partial charge is 0.252 e. The number of aliphatic imine (C=N–C) groups is 2. The van der Waals surface area contributed by atoms with Crippen molar-refractivity contribution >= 4 is 58.3 Å². The van der Waals surface area contributed by atoms with Crippen LogP contribution in [0.3, 0.4) is 0 Å². The molecule has 0 aromatic heterocycles. The van der Waals surface area contributed by atoms with Crippen LogP contribution in [0, 0.1) is 6.92 Å². The average molecular weight is 433 g/mol. The van der Waals surface area contributed by atoms with Gasteiger partial charge in [-0.15, -0.1) is 0 Å². The van der Waals surface area contributed by atoms with Crippen LogP contribution < -0.4 is 21.7 Å². The molecule has 0 radical (unpaired) electrons. The molecule has 150 valence electrons. The molecule has 2 aromatic carbocycles. The van der Waals surface area contributed by atoms with Crippen LogP contribution in [0.2, 0.25) is 10.0 Å². The fourth-order valence-electron chi connectivity index (χ4n) is 2.52. The number of halogens is 2. The first-order valence-corrected chi connectivity index (χ1v) is 9.37. The Balaban J connectivity index is 1.60. The Morgan fingerprint density at radius 3 is 2.52 bits per heavy atom. The van der Waals surface area contributed by atoms with Gasteiger partial charge < -0.3 is 16.4 Å². The fourth-order valence-corrected chi connectivity index (χ4v) is 2.81. The van der Waals surface area contributed by atoms with Crippen LogP contribution in [0.25, 0.3) is 0 Å². The molecule has 1 heterocycles. The van der Waals surface area contributed by atoms with E-state index in [1.165, 1.54) is 6.07 Å². The number of carbonyl (C=O) groups is 2. The minimum Gasteiger partial charge on any atom is -0.369 e. The lowest BCUT2D eigenvalue weighted by atomic mass is 10.2. The molecular formula is C19H18Cl2N6O2. The Hall–Kier alpha value is -3.10. The van der Waals surface area contributed by atoms with Gasteiger partial charge in [-0.1, -0.05) is 40.9 Å². The normalized spacial score (nSPS) is 16.2. The van der Waals surface area contributed by atoms with Crippen molar-refractivity contribution in [2.24, 2.45) is 15.7 Å². The maximum atomic E-state index is 12.2. The Kier molecular flexibility index (Phi) is 6.36. The molecule has 0 spiro atoms. The molecule has 29 heavy (non-hydrogen) atoms. The maximum absolute atomic E-state index is 12.2. The molecule has 0 bridgehead atoms. The summed E-state index contributed by atoms with van der Waals surface area (Å²) in [6.07, 6.45) is -0.156. The molecule has 5 N–H and O–H groups in total. The van der Waals surface area contributed by atoms with Crippen LogP contribution >= 0.6 is 23.2 Å². The summed E-state index contributed by atoms with van der Waals surface area (Å²) in [7, 11) is 0. The number of hydrogen-bond acceptors (Lipinski definition) is 4. The largest absolute Gasteiger partial charge is 0.369 e. The standard InChI is InChI=1S/C19H18Cl2N6O2/c1-10-2-4-11(5-3-10)24-18(22)27-19-25-15(17(29)26-19)9-16(28)23-12-6-7-13(20)14(21)8-12/h2-8,15H,9H2,1H3,(H,23,28)(H4,22,24,25,26,27,29).